The average molecular weight is 1090 g/mol. The van der Waals surface area contributed by atoms with Crippen molar-refractivity contribution in [2.24, 2.45) is 5.73 Å². The first kappa shape index (κ1) is 64.7. The smallest absolute Gasteiger partial charge is 0.472 e. The van der Waals surface area contributed by atoms with Crippen LogP contribution in [-0.4, -0.2) is 131 Å². The van der Waals surface area contributed by atoms with Crippen LogP contribution < -0.4 is 5.73 Å². The number of hydrogen-bond donors (Lipinski definition) is 3. The Bertz CT molecular complexity index is 1640. The highest BCUT2D eigenvalue weighted by atomic mass is 31.2. The van der Waals surface area contributed by atoms with Crippen LogP contribution in [0, 0.1) is 0 Å². The standard InChI is InChI=1S/C30H32F26NO10P/c31-19(32,21(35,36)23(39,40)25(43,44)27(47,48)29(51,52)53)9-5-1-3-7-16(58)64-11-14(67-68(62,63)66-13-15(57)18(60)61)12-65-17(59)8-4-2-6-10-20(33,34)22(37,38)24(41,42)26(45,46)28(49,50)30(54,55)56/h14-15H,1-13,57H2,(H,60,61)(H,62,63). The van der Waals surface area contributed by atoms with E-state index in [9.17, 15) is 138 Å². The molecule has 0 aromatic heterocycles. The van der Waals surface area contributed by atoms with E-state index >= 15 is 0 Å². The minimum Gasteiger partial charge on any atom is -0.480 e. The van der Waals surface area contributed by atoms with Crippen molar-refractivity contribution in [3.63, 3.8) is 0 Å². The number of phosphoric ester groups is 1. The molecule has 11 nitrogen and oxygen atoms in total. The predicted octanol–water partition coefficient (Wildman–Crippen LogP) is 10.4. The highest BCUT2D eigenvalue weighted by Crippen LogP contribution is 2.62. The van der Waals surface area contributed by atoms with Gasteiger partial charge >= 0.3 is 97.3 Å². The van der Waals surface area contributed by atoms with Crippen molar-refractivity contribution >= 4 is 25.7 Å². The molecule has 38 heteroatoms. The zero-order valence-electron chi connectivity index (χ0n) is 32.9. The maximum absolute atomic E-state index is 14.0. The van der Waals surface area contributed by atoms with Crippen molar-refractivity contribution in [1.82, 2.24) is 0 Å². The molecule has 68 heavy (non-hydrogen) atoms. The largest absolute Gasteiger partial charge is 0.480 e. The fraction of sp³-hybridized carbons (Fsp3) is 0.900. The molecule has 2 atom stereocenters. The van der Waals surface area contributed by atoms with Gasteiger partial charge in [-0.15, -0.1) is 0 Å². The molecule has 2 unspecified atom stereocenters. The van der Waals surface area contributed by atoms with Crippen LogP contribution in [0.15, 0.2) is 0 Å². The van der Waals surface area contributed by atoms with Crippen molar-refractivity contribution in [2.75, 3.05) is 19.8 Å². The summed E-state index contributed by atoms with van der Waals surface area (Å²) in [5.74, 6) is -81.2. The van der Waals surface area contributed by atoms with Crippen molar-refractivity contribution in [1.29, 1.82) is 0 Å². The second kappa shape index (κ2) is 22.0. The highest BCUT2D eigenvalue weighted by molar-refractivity contribution is 7.47. The van der Waals surface area contributed by atoms with E-state index in [1.807, 2.05) is 0 Å². The number of hydrogen-bond acceptors (Lipinski definition) is 9. The second-order valence-electron chi connectivity index (χ2n) is 13.9. The number of aliphatic carboxylic acids is 1. The van der Waals surface area contributed by atoms with E-state index in [0.717, 1.165) is 0 Å². The molecule has 0 radical (unpaired) electrons. The molecule has 0 amide bonds. The van der Waals surface area contributed by atoms with Gasteiger partial charge in [-0.2, -0.15) is 114 Å². The summed E-state index contributed by atoms with van der Waals surface area (Å²) in [6.45, 7) is -4.06. The van der Waals surface area contributed by atoms with Crippen molar-refractivity contribution < 1.29 is 162 Å². The molecule has 0 rings (SSSR count). The third-order valence-electron chi connectivity index (χ3n) is 8.62. The zero-order chi connectivity index (χ0) is 54.4. The molecule has 0 fully saturated rings. The number of ether oxygens (including phenoxy) is 2. The highest BCUT2D eigenvalue weighted by Gasteiger charge is 2.92. The van der Waals surface area contributed by atoms with Crippen LogP contribution in [-0.2, 0) is 37.5 Å². The van der Waals surface area contributed by atoms with Gasteiger partial charge in [-0.3, -0.25) is 23.4 Å². The number of phosphoric acid groups is 1. The normalized spacial score (nSPS) is 16.1. The van der Waals surface area contributed by atoms with Crippen LogP contribution in [0.4, 0.5) is 114 Å². The van der Waals surface area contributed by atoms with Gasteiger partial charge in [0.2, 0.25) is 0 Å². The lowest BCUT2D eigenvalue weighted by Gasteiger charge is -2.39. The number of esters is 2. The van der Waals surface area contributed by atoms with Gasteiger partial charge in [0.25, 0.3) is 0 Å². The topological polar surface area (TPSA) is 172 Å². The lowest BCUT2D eigenvalue weighted by molar-refractivity contribution is -0.440. The third-order valence-corrected chi connectivity index (χ3v) is 9.66. The third kappa shape index (κ3) is 14.2. The molecule has 0 saturated heterocycles. The summed E-state index contributed by atoms with van der Waals surface area (Å²) in [7, 11) is -5.55. The van der Waals surface area contributed by atoms with E-state index in [0.29, 0.717) is 0 Å². The number of nitrogens with two attached hydrogens (primary N) is 1. The maximum atomic E-state index is 14.0. The summed E-state index contributed by atoms with van der Waals surface area (Å²) in [6.07, 6.45) is -31.3. The zero-order valence-corrected chi connectivity index (χ0v) is 33.8. The first-order valence-corrected chi connectivity index (χ1v) is 19.3. The molecule has 0 aliphatic rings. The summed E-state index contributed by atoms with van der Waals surface area (Å²) in [5, 5.41) is 8.73. The fourth-order valence-electron chi connectivity index (χ4n) is 4.59. The molecule has 404 valence electrons. The van der Waals surface area contributed by atoms with E-state index in [4.69, 9.17) is 10.8 Å². The van der Waals surface area contributed by atoms with Gasteiger partial charge in [0.05, 0.1) is 6.61 Å². The van der Waals surface area contributed by atoms with Crippen LogP contribution >= 0.6 is 7.82 Å². The van der Waals surface area contributed by atoms with Crippen LogP contribution in [0.1, 0.15) is 64.2 Å². The second-order valence-corrected chi connectivity index (χ2v) is 15.3. The quantitative estimate of drug-likeness (QED) is 0.0271. The van der Waals surface area contributed by atoms with Gasteiger partial charge in [-0.05, 0) is 25.7 Å². The minimum absolute atomic E-state index is 0.819. The number of carboxylic acid groups (broad SMARTS) is 1. The Morgan fingerprint density at radius 1 is 0.456 bits per heavy atom. The Morgan fingerprint density at radius 3 is 1.03 bits per heavy atom. The number of carboxylic acids is 1. The first-order chi connectivity index (χ1) is 29.9. The van der Waals surface area contributed by atoms with Crippen LogP contribution in [0.5, 0.6) is 0 Å². The summed E-state index contributed by atoms with van der Waals surface area (Å²) in [4.78, 5) is 44.8. The van der Waals surface area contributed by atoms with Gasteiger partial charge in [-0.1, -0.05) is 12.8 Å². The fourth-order valence-corrected chi connectivity index (χ4v) is 5.50. The average Bonchev–Trinajstić information content (AvgIpc) is 3.15. The molecular weight excluding hydrogens is 1060 g/mol. The number of alkyl halides is 26. The number of unbranched alkanes of at least 4 members (excludes halogenated alkanes) is 4. The molecule has 0 bridgehead atoms. The van der Waals surface area contributed by atoms with Crippen LogP contribution in [0.25, 0.3) is 0 Å². The Kier molecular flexibility index (Phi) is 20.9. The monoisotopic (exact) mass is 1090 g/mol. The first-order valence-electron chi connectivity index (χ1n) is 17.8. The van der Waals surface area contributed by atoms with Crippen LogP contribution in [0.3, 0.4) is 0 Å². The Morgan fingerprint density at radius 2 is 0.750 bits per heavy atom. The van der Waals surface area contributed by atoms with Crippen LogP contribution in [0.2, 0.25) is 0 Å². The molecule has 0 aliphatic carbocycles. The van der Waals surface area contributed by atoms with E-state index < -0.39 is 193 Å². The Balaban J connectivity index is 5.59. The number of carbonyl (C=O) groups excluding carboxylic acids is 2. The maximum Gasteiger partial charge on any atom is 0.472 e. The summed E-state index contributed by atoms with van der Waals surface area (Å²) < 4.78 is 375. The van der Waals surface area contributed by atoms with Gasteiger partial charge in [0, 0.05) is 25.7 Å². The molecule has 0 saturated carbocycles. The minimum atomic E-state index is -8.14. The van der Waals surface area contributed by atoms with Crippen molar-refractivity contribution in [3.05, 3.63) is 0 Å². The summed E-state index contributed by atoms with van der Waals surface area (Å²) >= 11 is 0. The van der Waals surface area contributed by atoms with Gasteiger partial charge in [-0.25, -0.2) is 4.57 Å². The van der Waals surface area contributed by atoms with E-state index in [2.05, 4.69) is 18.5 Å². The molecule has 4 N–H and O–H groups in total. The molecule has 0 spiro atoms. The SMILES string of the molecule is NC(COP(=O)(O)OC(COC(=O)CCCCCC(F)(F)C(F)(F)C(F)(F)C(F)(F)C(F)(F)C(F)(F)F)COC(=O)CCCCCC(F)(F)C(F)(F)C(F)(F)C(F)(F)C(F)(F)C(F)(F)F)C(=O)O. The molecule has 0 aromatic carbocycles. The molecular formula is C30H32F26NO10P. The number of rotatable bonds is 30. The van der Waals surface area contributed by atoms with E-state index in [1.165, 1.54) is 0 Å². The van der Waals surface area contributed by atoms with Gasteiger partial charge in [0.1, 0.15) is 25.4 Å². The van der Waals surface area contributed by atoms with Gasteiger partial charge < -0.3 is 25.2 Å². The lowest BCUT2D eigenvalue weighted by Crippen LogP contribution is -2.70. The molecule has 0 aromatic rings. The van der Waals surface area contributed by atoms with Crippen molar-refractivity contribution in [3.8, 4) is 0 Å². The number of halogens is 26. The molecule has 0 aliphatic heterocycles. The summed E-state index contributed by atoms with van der Waals surface area (Å²) in [5.41, 5.74) is 5.04. The van der Waals surface area contributed by atoms with Gasteiger partial charge in [0.15, 0.2) is 0 Å². The van der Waals surface area contributed by atoms with E-state index in [-0.39, 0.29) is 0 Å². The Labute approximate surface area is 361 Å². The van der Waals surface area contributed by atoms with E-state index in [1.54, 1.807) is 0 Å². The number of carbonyl (C=O) groups is 3. The lowest BCUT2D eigenvalue weighted by atomic mass is 9.91. The predicted molar refractivity (Wildman–Crippen MR) is 166 cm³/mol. The van der Waals surface area contributed by atoms with Crippen molar-refractivity contribution in [2.45, 2.75) is 148 Å². The molecule has 0 heterocycles. The summed E-state index contributed by atoms with van der Waals surface area (Å²) in [6, 6.07) is -2.03. The Hall–Kier alpha value is -3.34.